The molecule has 14 heavy (non-hydrogen) atoms. The SMILES string of the molecule is C#CCn1cc(CNC(=O)CCl)cn1. The molecule has 0 spiro atoms. The Kier molecular flexibility index (Phi) is 4.02. The van der Waals surface area contributed by atoms with Crippen molar-refractivity contribution in [1.82, 2.24) is 15.1 Å². The Labute approximate surface area is 87.2 Å². The molecular weight excluding hydrogens is 202 g/mol. The third-order valence-electron chi connectivity index (χ3n) is 1.55. The summed E-state index contributed by atoms with van der Waals surface area (Å²) in [5.41, 5.74) is 0.902. The largest absolute Gasteiger partial charge is 0.351 e. The fraction of sp³-hybridized carbons (Fsp3) is 0.333. The van der Waals surface area contributed by atoms with Crippen molar-refractivity contribution >= 4 is 17.5 Å². The van der Waals surface area contributed by atoms with Crippen LogP contribution < -0.4 is 5.32 Å². The zero-order valence-electron chi connectivity index (χ0n) is 7.53. The zero-order chi connectivity index (χ0) is 10.4. The fourth-order valence-electron chi connectivity index (χ4n) is 0.926. The van der Waals surface area contributed by atoms with Crippen molar-refractivity contribution in [1.29, 1.82) is 0 Å². The maximum absolute atomic E-state index is 10.8. The number of amides is 1. The third-order valence-corrected chi connectivity index (χ3v) is 1.79. The number of terminal acetylenes is 1. The molecule has 4 nitrogen and oxygen atoms in total. The van der Waals surface area contributed by atoms with E-state index in [2.05, 4.69) is 16.3 Å². The number of aromatic nitrogens is 2. The molecule has 1 rings (SSSR count). The number of nitrogens with zero attached hydrogens (tertiary/aromatic N) is 2. The van der Waals surface area contributed by atoms with E-state index < -0.39 is 0 Å². The van der Waals surface area contributed by atoms with E-state index in [1.807, 2.05) is 0 Å². The number of nitrogens with one attached hydrogen (secondary N) is 1. The maximum atomic E-state index is 10.8. The van der Waals surface area contributed by atoms with Gasteiger partial charge < -0.3 is 5.32 Å². The van der Waals surface area contributed by atoms with Crippen molar-refractivity contribution in [2.24, 2.45) is 0 Å². The zero-order valence-corrected chi connectivity index (χ0v) is 8.29. The van der Waals surface area contributed by atoms with Gasteiger partial charge in [-0.25, -0.2) is 0 Å². The Hall–Kier alpha value is -1.47. The van der Waals surface area contributed by atoms with Crippen molar-refractivity contribution < 1.29 is 4.79 Å². The molecule has 1 amide bonds. The molecule has 74 valence electrons. The molecule has 0 aromatic carbocycles. The maximum Gasteiger partial charge on any atom is 0.235 e. The summed E-state index contributed by atoms with van der Waals surface area (Å²) in [4.78, 5) is 10.8. The smallest absolute Gasteiger partial charge is 0.235 e. The molecule has 1 aromatic rings. The fourth-order valence-corrected chi connectivity index (χ4v) is 1.02. The molecule has 1 N–H and O–H groups in total. The van der Waals surface area contributed by atoms with E-state index in [1.165, 1.54) is 0 Å². The van der Waals surface area contributed by atoms with Gasteiger partial charge in [0.15, 0.2) is 0 Å². The van der Waals surface area contributed by atoms with Crippen molar-refractivity contribution in [3.8, 4) is 12.3 Å². The summed E-state index contributed by atoms with van der Waals surface area (Å²) in [5, 5.41) is 6.63. The second kappa shape index (κ2) is 5.30. The van der Waals surface area contributed by atoms with Gasteiger partial charge in [0.1, 0.15) is 12.4 Å². The Bertz CT molecular complexity index is 353. The first kappa shape index (κ1) is 10.6. The molecule has 0 fully saturated rings. The van der Waals surface area contributed by atoms with E-state index >= 15 is 0 Å². The number of alkyl halides is 1. The van der Waals surface area contributed by atoms with Crippen molar-refractivity contribution in [3.63, 3.8) is 0 Å². The van der Waals surface area contributed by atoms with Gasteiger partial charge in [0.05, 0.1) is 6.20 Å². The molecule has 0 aliphatic carbocycles. The summed E-state index contributed by atoms with van der Waals surface area (Å²) >= 11 is 5.31. The van der Waals surface area contributed by atoms with Gasteiger partial charge in [-0.3, -0.25) is 9.48 Å². The number of carbonyl (C=O) groups is 1. The molecule has 0 aliphatic rings. The monoisotopic (exact) mass is 211 g/mol. The van der Waals surface area contributed by atoms with Crippen LogP contribution in [-0.2, 0) is 17.9 Å². The van der Waals surface area contributed by atoms with Gasteiger partial charge in [-0.2, -0.15) is 5.10 Å². The lowest BCUT2D eigenvalue weighted by Crippen LogP contribution is -2.23. The Morgan fingerprint density at radius 1 is 1.79 bits per heavy atom. The van der Waals surface area contributed by atoms with Gasteiger partial charge in [0.2, 0.25) is 5.91 Å². The summed E-state index contributed by atoms with van der Waals surface area (Å²) in [6.07, 6.45) is 8.56. The lowest BCUT2D eigenvalue weighted by Gasteiger charge is -1.98. The number of halogens is 1. The van der Waals surface area contributed by atoms with Gasteiger partial charge in [0.25, 0.3) is 0 Å². The predicted octanol–water partition coefficient (Wildman–Crippen LogP) is 0.371. The molecule has 0 aliphatic heterocycles. The summed E-state index contributed by atoms with van der Waals surface area (Å²) in [7, 11) is 0. The number of carbonyl (C=O) groups excluding carboxylic acids is 1. The van der Waals surface area contributed by atoms with E-state index in [9.17, 15) is 4.79 Å². The summed E-state index contributed by atoms with van der Waals surface area (Å²) < 4.78 is 1.63. The van der Waals surface area contributed by atoms with Gasteiger partial charge in [-0.1, -0.05) is 5.92 Å². The van der Waals surface area contributed by atoms with Crippen molar-refractivity contribution in [3.05, 3.63) is 18.0 Å². The van der Waals surface area contributed by atoms with Gasteiger partial charge >= 0.3 is 0 Å². The number of rotatable bonds is 4. The molecular formula is C9H10ClN3O. The molecule has 0 atom stereocenters. The lowest BCUT2D eigenvalue weighted by atomic mass is 10.3. The van der Waals surface area contributed by atoms with Crippen LogP contribution in [0.5, 0.6) is 0 Å². The Morgan fingerprint density at radius 3 is 3.21 bits per heavy atom. The van der Waals surface area contributed by atoms with Crippen molar-refractivity contribution in [2.75, 3.05) is 5.88 Å². The van der Waals surface area contributed by atoms with Crippen LogP contribution >= 0.6 is 11.6 Å². The normalized spacial score (nSPS) is 9.43. The number of hydrogen-bond donors (Lipinski definition) is 1. The van der Waals surface area contributed by atoms with Gasteiger partial charge in [-0.15, -0.1) is 18.0 Å². The first-order valence-corrected chi connectivity index (χ1v) is 4.57. The second-order valence-corrected chi connectivity index (χ2v) is 2.93. The minimum absolute atomic E-state index is 0.0293. The van der Waals surface area contributed by atoms with Crippen LogP contribution in [0.1, 0.15) is 5.56 Å². The lowest BCUT2D eigenvalue weighted by molar-refractivity contribution is -0.118. The van der Waals surface area contributed by atoms with Crippen LogP contribution in [0.3, 0.4) is 0 Å². The average molecular weight is 212 g/mol. The summed E-state index contributed by atoms with van der Waals surface area (Å²) in [6.45, 7) is 0.861. The van der Waals surface area contributed by atoms with Crippen LogP contribution in [0.25, 0.3) is 0 Å². The highest BCUT2D eigenvalue weighted by molar-refractivity contribution is 6.27. The van der Waals surface area contributed by atoms with Crippen LogP contribution in [0, 0.1) is 12.3 Å². The molecule has 0 radical (unpaired) electrons. The van der Waals surface area contributed by atoms with Crippen LogP contribution in [0.4, 0.5) is 0 Å². The minimum Gasteiger partial charge on any atom is -0.351 e. The third kappa shape index (κ3) is 3.11. The molecule has 0 bridgehead atoms. The first-order valence-electron chi connectivity index (χ1n) is 4.03. The molecule has 1 aromatic heterocycles. The first-order chi connectivity index (χ1) is 6.76. The topological polar surface area (TPSA) is 46.9 Å². The average Bonchev–Trinajstić information content (AvgIpc) is 2.63. The molecule has 1 heterocycles. The molecule has 0 saturated carbocycles. The number of hydrogen-bond acceptors (Lipinski definition) is 2. The quantitative estimate of drug-likeness (QED) is 0.578. The molecule has 0 unspecified atom stereocenters. The summed E-state index contributed by atoms with van der Waals surface area (Å²) in [5.74, 6) is 2.24. The Morgan fingerprint density at radius 2 is 2.57 bits per heavy atom. The van der Waals surface area contributed by atoms with E-state index in [0.29, 0.717) is 13.1 Å². The van der Waals surface area contributed by atoms with E-state index in [1.54, 1.807) is 17.1 Å². The van der Waals surface area contributed by atoms with Crippen molar-refractivity contribution in [2.45, 2.75) is 13.1 Å². The molecule has 0 saturated heterocycles. The highest BCUT2D eigenvalue weighted by Gasteiger charge is 2.00. The second-order valence-electron chi connectivity index (χ2n) is 2.66. The van der Waals surface area contributed by atoms with Crippen LogP contribution in [-0.4, -0.2) is 21.6 Å². The minimum atomic E-state index is -0.198. The van der Waals surface area contributed by atoms with E-state index in [0.717, 1.165) is 5.56 Å². The van der Waals surface area contributed by atoms with Gasteiger partial charge in [0, 0.05) is 18.3 Å². The van der Waals surface area contributed by atoms with Gasteiger partial charge in [-0.05, 0) is 0 Å². The highest BCUT2D eigenvalue weighted by atomic mass is 35.5. The summed E-state index contributed by atoms with van der Waals surface area (Å²) in [6, 6.07) is 0. The van der Waals surface area contributed by atoms with Crippen LogP contribution in [0.2, 0.25) is 0 Å². The highest BCUT2D eigenvalue weighted by Crippen LogP contribution is 1.96. The van der Waals surface area contributed by atoms with Crippen LogP contribution in [0.15, 0.2) is 12.4 Å². The van der Waals surface area contributed by atoms with E-state index in [-0.39, 0.29) is 11.8 Å². The predicted molar refractivity (Wildman–Crippen MR) is 53.6 cm³/mol. The standard InChI is InChI=1S/C9H10ClN3O/c1-2-3-13-7-8(6-12-13)5-11-9(14)4-10/h1,6-7H,3-5H2,(H,11,14). The van der Waals surface area contributed by atoms with E-state index in [4.69, 9.17) is 18.0 Å². The molecule has 5 heteroatoms. The Balaban J connectivity index is 2.44.